The van der Waals surface area contributed by atoms with Gasteiger partial charge in [0.2, 0.25) is 11.8 Å². The molecule has 0 aromatic carbocycles. The number of carbonyl (C=O) groups is 3. The molecule has 140 valence electrons. The maximum atomic E-state index is 12.4. The number of esters is 1. The van der Waals surface area contributed by atoms with Gasteiger partial charge in [-0.1, -0.05) is 6.92 Å². The van der Waals surface area contributed by atoms with E-state index in [1.807, 2.05) is 4.90 Å². The molecule has 0 bridgehead atoms. The molecule has 2 aliphatic heterocycles. The second-order valence-corrected chi connectivity index (χ2v) is 7.69. The average Bonchev–Trinajstić information content (AvgIpc) is 2.70. The van der Waals surface area contributed by atoms with Crippen molar-refractivity contribution in [3.63, 3.8) is 0 Å². The second kappa shape index (κ2) is 6.94. The third kappa shape index (κ3) is 3.52. The zero-order valence-corrected chi connectivity index (χ0v) is 15.3. The molecule has 2 heterocycles. The Morgan fingerprint density at radius 3 is 2.48 bits per heavy atom. The molecule has 25 heavy (non-hydrogen) atoms. The van der Waals surface area contributed by atoms with Gasteiger partial charge >= 0.3 is 5.97 Å². The molecule has 1 aliphatic carbocycles. The summed E-state index contributed by atoms with van der Waals surface area (Å²) in [6, 6.07) is -0.700. The lowest BCUT2D eigenvalue weighted by atomic mass is 9.74. The summed E-state index contributed by atoms with van der Waals surface area (Å²) in [7, 11) is 0. The number of carbonyl (C=O) groups excluding carboxylic acids is 3. The molecule has 1 spiro atoms. The van der Waals surface area contributed by atoms with Crippen LogP contribution >= 0.6 is 0 Å². The summed E-state index contributed by atoms with van der Waals surface area (Å²) in [5.41, 5.74) is -0.431. The molecule has 7 nitrogen and oxygen atoms in total. The molecule has 0 aromatic rings. The van der Waals surface area contributed by atoms with Crippen LogP contribution in [0.4, 0.5) is 0 Å². The highest BCUT2D eigenvalue weighted by atomic mass is 16.5. The fourth-order valence-electron chi connectivity index (χ4n) is 4.13. The standard InChI is InChI=1S/C18H28N2O5/c1-4-24-17(23)15-9-25-18(5-6-20(15)13(3)21)10-19(11-18)16(22)14-7-12(2)8-14/h12,14-15H,4-11H2,1-3H3. The lowest BCUT2D eigenvalue weighted by Crippen LogP contribution is -2.66. The van der Waals surface area contributed by atoms with Crippen LogP contribution in [0, 0.1) is 11.8 Å². The first kappa shape index (κ1) is 18.2. The molecule has 0 aromatic heterocycles. The largest absolute Gasteiger partial charge is 0.464 e. The minimum absolute atomic E-state index is 0.126. The van der Waals surface area contributed by atoms with Gasteiger partial charge in [0.1, 0.15) is 5.60 Å². The Kier molecular flexibility index (Phi) is 5.04. The molecule has 3 rings (SSSR count). The number of likely N-dealkylation sites (tertiary alicyclic amines) is 1. The van der Waals surface area contributed by atoms with Gasteiger partial charge in [-0.15, -0.1) is 0 Å². The molecule has 1 atom stereocenters. The zero-order valence-electron chi connectivity index (χ0n) is 15.3. The third-order valence-corrected chi connectivity index (χ3v) is 5.69. The first-order valence-electron chi connectivity index (χ1n) is 9.22. The highest BCUT2D eigenvalue weighted by molar-refractivity contribution is 5.84. The number of ether oxygens (including phenoxy) is 2. The third-order valence-electron chi connectivity index (χ3n) is 5.69. The van der Waals surface area contributed by atoms with Crippen LogP contribution in [0.5, 0.6) is 0 Å². The minimum atomic E-state index is -0.700. The van der Waals surface area contributed by atoms with Crippen LogP contribution in [0.15, 0.2) is 0 Å². The predicted octanol–water partition coefficient (Wildman–Crippen LogP) is 0.814. The van der Waals surface area contributed by atoms with Crippen LogP contribution in [0.2, 0.25) is 0 Å². The maximum Gasteiger partial charge on any atom is 0.331 e. The van der Waals surface area contributed by atoms with Crippen LogP contribution in [-0.4, -0.2) is 72.1 Å². The first-order valence-corrected chi connectivity index (χ1v) is 9.22. The van der Waals surface area contributed by atoms with E-state index in [0.29, 0.717) is 32.0 Å². The lowest BCUT2D eigenvalue weighted by molar-refractivity contribution is -0.178. The van der Waals surface area contributed by atoms with E-state index in [0.717, 1.165) is 12.8 Å². The maximum absolute atomic E-state index is 12.4. The van der Waals surface area contributed by atoms with Gasteiger partial charge in [0.15, 0.2) is 6.04 Å². The van der Waals surface area contributed by atoms with Crippen molar-refractivity contribution in [2.24, 2.45) is 11.8 Å². The molecule has 2 saturated heterocycles. The van der Waals surface area contributed by atoms with Crippen LogP contribution in [-0.2, 0) is 23.9 Å². The number of hydrogen-bond donors (Lipinski definition) is 0. The molecule has 0 N–H and O–H groups in total. The van der Waals surface area contributed by atoms with Gasteiger partial charge in [-0.3, -0.25) is 9.59 Å². The molecular formula is C18H28N2O5. The van der Waals surface area contributed by atoms with E-state index in [1.54, 1.807) is 6.92 Å². The van der Waals surface area contributed by atoms with Crippen molar-refractivity contribution in [1.29, 1.82) is 0 Å². The van der Waals surface area contributed by atoms with Gasteiger partial charge in [0, 0.05) is 19.4 Å². The van der Waals surface area contributed by atoms with Crippen LogP contribution in [0.25, 0.3) is 0 Å². The van der Waals surface area contributed by atoms with E-state index in [-0.39, 0.29) is 30.9 Å². The Labute approximate surface area is 148 Å². The number of amides is 2. The Bertz CT molecular complexity index is 552. The minimum Gasteiger partial charge on any atom is -0.464 e. The van der Waals surface area contributed by atoms with Gasteiger partial charge in [0.25, 0.3) is 0 Å². The molecule has 1 unspecified atom stereocenters. The highest BCUT2D eigenvalue weighted by Crippen LogP contribution is 2.39. The number of rotatable bonds is 3. The van der Waals surface area contributed by atoms with Crippen molar-refractivity contribution in [2.45, 2.75) is 51.7 Å². The summed E-state index contributed by atoms with van der Waals surface area (Å²) in [4.78, 5) is 39.9. The van der Waals surface area contributed by atoms with Crippen molar-refractivity contribution in [3.8, 4) is 0 Å². The lowest BCUT2D eigenvalue weighted by Gasteiger charge is -2.51. The van der Waals surface area contributed by atoms with Gasteiger partial charge in [-0.2, -0.15) is 0 Å². The quantitative estimate of drug-likeness (QED) is 0.703. The highest BCUT2D eigenvalue weighted by Gasteiger charge is 2.51. The summed E-state index contributed by atoms with van der Waals surface area (Å²) < 4.78 is 11.1. The van der Waals surface area contributed by atoms with Gasteiger partial charge in [-0.05, 0) is 32.1 Å². The van der Waals surface area contributed by atoms with E-state index in [2.05, 4.69) is 6.92 Å². The SMILES string of the molecule is CCOC(=O)C1COC2(CCN1C(C)=O)CN(C(=O)C1CC(C)C1)C2. The summed E-state index contributed by atoms with van der Waals surface area (Å²) in [5, 5.41) is 0. The van der Waals surface area contributed by atoms with Crippen LogP contribution in [0.1, 0.15) is 40.0 Å². The van der Waals surface area contributed by atoms with E-state index in [1.165, 1.54) is 11.8 Å². The Morgan fingerprint density at radius 1 is 1.24 bits per heavy atom. The molecule has 7 heteroatoms. The smallest absolute Gasteiger partial charge is 0.331 e. The number of hydrogen-bond acceptors (Lipinski definition) is 5. The normalized spacial score (nSPS) is 30.9. The molecule has 0 radical (unpaired) electrons. The molecular weight excluding hydrogens is 324 g/mol. The van der Waals surface area contributed by atoms with E-state index < -0.39 is 17.6 Å². The summed E-state index contributed by atoms with van der Waals surface area (Å²) >= 11 is 0. The monoisotopic (exact) mass is 352 g/mol. The van der Waals surface area contributed by atoms with Gasteiger partial charge < -0.3 is 19.3 Å². The number of nitrogens with zero attached hydrogens (tertiary/aromatic N) is 2. The van der Waals surface area contributed by atoms with Gasteiger partial charge in [0.05, 0.1) is 26.3 Å². The summed E-state index contributed by atoms with van der Waals surface area (Å²) in [6.45, 7) is 7.32. The molecule has 2 amide bonds. The fourth-order valence-corrected chi connectivity index (χ4v) is 4.13. The average molecular weight is 352 g/mol. The second-order valence-electron chi connectivity index (χ2n) is 7.69. The van der Waals surface area contributed by atoms with Crippen molar-refractivity contribution in [3.05, 3.63) is 0 Å². The van der Waals surface area contributed by atoms with Crippen molar-refractivity contribution >= 4 is 17.8 Å². The molecule has 3 aliphatic rings. The van der Waals surface area contributed by atoms with E-state index in [9.17, 15) is 14.4 Å². The fraction of sp³-hybridized carbons (Fsp3) is 0.833. The van der Waals surface area contributed by atoms with Crippen LogP contribution < -0.4 is 0 Å². The van der Waals surface area contributed by atoms with Crippen molar-refractivity contribution in [1.82, 2.24) is 9.80 Å². The Hall–Kier alpha value is -1.63. The Balaban J connectivity index is 1.60. The summed E-state index contributed by atoms with van der Waals surface area (Å²) in [5.74, 6) is 0.453. The van der Waals surface area contributed by atoms with E-state index >= 15 is 0 Å². The van der Waals surface area contributed by atoms with Crippen LogP contribution in [0.3, 0.4) is 0 Å². The summed E-state index contributed by atoms with van der Waals surface area (Å²) in [6.07, 6.45) is 2.59. The van der Waals surface area contributed by atoms with E-state index in [4.69, 9.17) is 9.47 Å². The van der Waals surface area contributed by atoms with Crippen molar-refractivity contribution in [2.75, 3.05) is 32.8 Å². The predicted molar refractivity (Wildman–Crippen MR) is 89.6 cm³/mol. The zero-order chi connectivity index (χ0) is 18.2. The Morgan fingerprint density at radius 2 is 1.92 bits per heavy atom. The first-order chi connectivity index (χ1) is 11.8. The molecule has 3 fully saturated rings. The van der Waals surface area contributed by atoms with Gasteiger partial charge in [-0.25, -0.2) is 4.79 Å². The topological polar surface area (TPSA) is 76.2 Å². The van der Waals surface area contributed by atoms with Crippen molar-refractivity contribution < 1.29 is 23.9 Å². The molecule has 1 saturated carbocycles.